The first-order valence-electron chi connectivity index (χ1n) is 7.22. The fourth-order valence-corrected chi connectivity index (χ4v) is 1.95. The number of carbonyl (C=O) groups is 3. The van der Waals surface area contributed by atoms with E-state index in [0.717, 1.165) is 0 Å². The summed E-state index contributed by atoms with van der Waals surface area (Å²) in [6, 6.07) is -1.23. The van der Waals surface area contributed by atoms with Gasteiger partial charge in [-0.05, 0) is 27.7 Å². The first-order valence-corrected chi connectivity index (χ1v) is 7.22. The molecule has 0 aromatic heterocycles. The molecule has 1 saturated heterocycles. The molecule has 1 rings (SSSR count). The quantitative estimate of drug-likeness (QED) is 0.476. The van der Waals surface area contributed by atoms with Gasteiger partial charge < -0.3 is 14.8 Å². The van der Waals surface area contributed by atoms with E-state index in [1.165, 1.54) is 18.3 Å². The molecule has 0 bridgehead atoms. The van der Waals surface area contributed by atoms with E-state index in [4.69, 9.17) is 4.74 Å². The normalized spacial score (nSPS) is 20.6. The van der Waals surface area contributed by atoms with Crippen LogP contribution in [-0.2, 0) is 19.1 Å². The van der Waals surface area contributed by atoms with Gasteiger partial charge in [0, 0.05) is 12.1 Å². The molecule has 8 nitrogen and oxygen atoms in total. The smallest absolute Gasteiger partial charge is 0.328 e. The highest BCUT2D eigenvalue weighted by Gasteiger charge is 2.32. The van der Waals surface area contributed by atoms with Crippen LogP contribution >= 0.6 is 0 Å². The summed E-state index contributed by atoms with van der Waals surface area (Å²) in [5.41, 5.74) is 0.00853. The number of rotatable bonds is 4. The third-order valence-electron chi connectivity index (χ3n) is 2.90. The van der Waals surface area contributed by atoms with Crippen LogP contribution in [0.15, 0.2) is 16.8 Å². The summed E-state index contributed by atoms with van der Waals surface area (Å²) in [6.07, 6.45) is 3.24. The van der Waals surface area contributed by atoms with Crippen LogP contribution in [0, 0.1) is 0 Å². The Morgan fingerprint density at radius 3 is 2.61 bits per heavy atom. The minimum Gasteiger partial charge on any atom is -0.467 e. The number of hydrogen-bond acceptors (Lipinski definition) is 6. The lowest BCUT2D eigenvalue weighted by atomic mass is 10.1. The molecule has 1 atom stereocenters. The number of aliphatic imine (C=N–C) groups is 1. The molecule has 23 heavy (non-hydrogen) atoms. The first kappa shape index (κ1) is 18.7. The molecule has 0 aliphatic carbocycles. The van der Waals surface area contributed by atoms with Crippen LogP contribution in [0.3, 0.4) is 0 Å². The highest BCUT2D eigenvalue weighted by Crippen LogP contribution is 2.17. The van der Waals surface area contributed by atoms with Gasteiger partial charge in [0.1, 0.15) is 18.2 Å². The van der Waals surface area contributed by atoms with Gasteiger partial charge in [-0.25, -0.2) is 9.59 Å². The fourth-order valence-electron chi connectivity index (χ4n) is 1.95. The Bertz CT molecular complexity index is 534. The molecule has 1 fully saturated rings. The Balaban J connectivity index is 2.69. The van der Waals surface area contributed by atoms with Crippen molar-refractivity contribution in [2.45, 2.75) is 45.8 Å². The van der Waals surface area contributed by atoms with Crippen molar-refractivity contribution < 1.29 is 23.9 Å². The molecular weight excluding hydrogens is 302 g/mol. The SMILES string of the molecule is C/C=C1/C[C@@H](C(=O)OC)NC(=O)N1C=NCC(=O)OC(C)(C)C. The van der Waals surface area contributed by atoms with E-state index in [2.05, 4.69) is 15.0 Å². The summed E-state index contributed by atoms with van der Waals surface area (Å²) < 4.78 is 9.75. The molecule has 0 saturated carbocycles. The number of allylic oxidation sites excluding steroid dienone is 1. The third kappa shape index (κ3) is 5.72. The Hall–Kier alpha value is -2.38. The van der Waals surface area contributed by atoms with E-state index >= 15 is 0 Å². The molecule has 0 aromatic carbocycles. The Morgan fingerprint density at radius 1 is 1.43 bits per heavy atom. The number of esters is 2. The topological polar surface area (TPSA) is 97.3 Å². The monoisotopic (exact) mass is 325 g/mol. The summed E-state index contributed by atoms with van der Waals surface area (Å²) >= 11 is 0. The summed E-state index contributed by atoms with van der Waals surface area (Å²) in [6.45, 7) is 6.84. The van der Waals surface area contributed by atoms with Crippen molar-refractivity contribution in [3.63, 3.8) is 0 Å². The molecule has 0 spiro atoms. The second-order valence-corrected chi connectivity index (χ2v) is 5.92. The standard InChI is InChI=1S/C15H23N3O5/c1-6-10-7-11(13(20)22-5)17-14(21)18(10)9-16-8-12(19)23-15(2,3)4/h6,9,11H,7-8H2,1-5H3,(H,17,21)/b10-6-,16-9?/t11-/m0/s1. The Morgan fingerprint density at radius 2 is 2.09 bits per heavy atom. The first-order chi connectivity index (χ1) is 10.7. The van der Waals surface area contributed by atoms with Gasteiger partial charge >= 0.3 is 18.0 Å². The number of carbonyl (C=O) groups excluding carboxylic acids is 3. The molecule has 8 heteroatoms. The van der Waals surface area contributed by atoms with E-state index in [-0.39, 0.29) is 13.0 Å². The highest BCUT2D eigenvalue weighted by molar-refractivity contribution is 5.94. The molecule has 1 aliphatic rings. The van der Waals surface area contributed by atoms with Gasteiger partial charge in [-0.15, -0.1) is 0 Å². The van der Waals surface area contributed by atoms with Crippen molar-refractivity contribution in [1.82, 2.24) is 10.2 Å². The molecule has 2 amide bonds. The minimum absolute atomic E-state index is 0.196. The predicted molar refractivity (Wildman–Crippen MR) is 83.8 cm³/mol. The van der Waals surface area contributed by atoms with E-state index in [1.54, 1.807) is 33.8 Å². The zero-order valence-electron chi connectivity index (χ0n) is 14.1. The van der Waals surface area contributed by atoms with E-state index in [0.29, 0.717) is 5.70 Å². The molecule has 1 aliphatic heterocycles. The van der Waals surface area contributed by atoms with Crippen molar-refractivity contribution in [3.05, 3.63) is 11.8 Å². The van der Waals surface area contributed by atoms with Crippen LogP contribution in [0.5, 0.6) is 0 Å². The zero-order valence-corrected chi connectivity index (χ0v) is 14.1. The van der Waals surface area contributed by atoms with Crippen molar-refractivity contribution in [2.24, 2.45) is 4.99 Å². The van der Waals surface area contributed by atoms with Gasteiger partial charge in [0.25, 0.3) is 0 Å². The third-order valence-corrected chi connectivity index (χ3v) is 2.90. The van der Waals surface area contributed by atoms with Crippen LogP contribution in [-0.4, -0.2) is 54.5 Å². The van der Waals surface area contributed by atoms with Gasteiger partial charge in [0.2, 0.25) is 0 Å². The van der Waals surface area contributed by atoms with Crippen LogP contribution in [0.25, 0.3) is 0 Å². The van der Waals surface area contributed by atoms with E-state index in [9.17, 15) is 14.4 Å². The van der Waals surface area contributed by atoms with Crippen LogP contribution in [0.4, 0.5) is 4.79 Å². The highest BCUT2D eigenvalue weighted by atomic mass is 16.6. The molecule has 128 valence electrons. The van der Waals surface area contributed by atoms with Crippen LogP contribution < -0.4 is 5.32 Å². The number of ether oxygens (including phenoxy) is 2. The van der Waals surface area contributed by atoms with Crippen molar-refractivity contribution >= 4 is 24.3 Å². The second kappa shape index (κ2) is 7.75. The van der Waals surface area contributed by atoms with Gasteiger partial charge in [-0.1, -0.05) is 6.08 Å². The van der Waals surface area contributed by atoms with Gasteiger partial charge in [0.05, 0.1) is 13.4 Å². The predicted octanol–water partition coefficient (Wildman–Crippen LogP) is 1.22. The lowest BCUT2D eigenvalue weighted by Gasteiger charge is -2.31. The van der Waals surface area contributed by atoms with Crippen LogP contribution in [0.1, 0.15) is 34.1 Å². The molecule has 1 N–H and O–H groups in total. The number of nitrogens with one attached hydrogen (secondary N) is 1. The van der Waals surface area contributed by atoms with E-state index < -0.39 is 29.6 Å². The maximum Gasteiger partial charge on any atom is 0.328 e. The van der Waals surface area contributed by atoms with Crippen molar-refractivity contribution in [2.75, 3.05) is 13.7 Å². The lowest BCUT2D eigenvalue weighted by Crippen LogP contribution is -2.53. The summed E-state index contributed by atoms with van der Waals surface area (Å²) in [7, 11) is 1.26. The molecular formula is C15H23N3O5. The van der Waals surface area contributed by atoms with Crippen molar-refractivity contribution in [1.29, 1.82) is 0 Å². The average Bonchev–Trinajstić information content (AvgIpc) is 2.45. The van der Waals surface area contributed by atoms with Crippen molar-refractivity contribution in [3.8, 4) is 0 Å². The Labute approximate surface area is 135 Å². The van der Waals surface area contributed by atoms with Gasteiger partial charge in [-0.2, -0.15) is 0 Å². The van der Waals surface area contributed by atoms with Gasteiger partial charge in [0.15, 0.2) is 0 Å². The molecule has 0 aromatic rings. The summed E-state index contributed by atoms with van der Waals surface area (Å²) in [4.78, 5) is 40.4. The lowest BCUT2D eigenvalue weighted by molar-refractivity contribution is -0.152. The molecule has 0 unspecified atom stereocenters. The second-order valence-electron chi connectivity index (χ2n) is 5.92. The summed E-state index contributed by atoms with van der Waals surface area (Å²) in [5, 5.41) is 2.52. The minimum atomic E-state index is -0.728. The fraction of sp³-hybridized carbons (Fsp3) is 0.600. The maximum atomic E-state index is 12.1. The number of amides is 2. The maximum absolute atomic E-state index is 12.1. The summed E-state index contributed by atoms with van der Waals surface area (Å²) in [5.74, 6) is -0.997. The van der Waals surface area contributed by atoms with Gasteiger partial charge in [-0.3, -0.25) is 14.7 Å². The number of urea groups is 1. The molecule has 0 radical (unpaired) electrons. The average molecular weight is 325 g/mol. The van der Waals surface area contributed by atoms with Crippen LogP contribution in [0.2, 0.25) is 0 Å². The molecule has 1 heterocycles. The van der Waals surface area contributed by atoms with E-state index in [1.807, 2.05) is 0 Å². The number of methoxy groups -OCH3 is 1. The number of hydrogen-bond donors (Lipinski definition) is 1. The zero-order chi connectivity index (χ0) is 17.6. The Kier molecular flexibility index (Phi) is 6.29. The number of nitrogens with zero attached hydrogens (tertiary/aromatic N) is 2. The largest absolute Gasteiger partial charge is 0.467 e.